The molecule has 0 aromatic heterocycles. The third kappa shape index (κ3) is 4.27. The Balaban J connectivity index is 2.05. The maximum absolute atomic E-state index is 13.8. The smallest absolute Gasteiger partial charge is 0.171 e. The van der Waals surface area contributed by atoms with Crippen LogP contribution in [0.2, 0.25) is 0 Å². The second-order valence-corrected chi connectivity index (χ2v) is 6.63. The minimum absolute atomic E-state index is 0.0408. The van der Waals surface area contributed by atoms with E-state index in [1.807, 2.05) is 6.92 Å². The summed E-state index contributed by atoms with van der Waals surface area (Å²) in [5.41, 5.74) is 3.96. The highest BCUT2D eigenvalue weighted by Crippen LogP contribution is 2.21. The van der Waals surface area contributed by atoms with Crippen molar-refractivity contribution in [3.63, 3.8) is 0 Å². The van der Waals surface area contributed by atoms with Crippen molar-refractivity contribution in [2.75, 3.05) is 5.32 Å². The highest BCUT2D eigenvalue weighted by molar-refractivity contribution is 9.10. The van der Waals surface area contributed by atoms with Gasteiger partial charge in [-0.25, -0.2) is 4.39 Å². The first kappa shape index (κ1) is 16.9. The minimum Gasteiger partial charge on any atom is -0.356 e. The van der Waals surface area contributed by atoms with Crippen LogP contribution in [0.4, 0.5) is 10.1 Å². The second-order valence-electron chi connectivity index (χ2n) is 5.30. The van der Waals surface area contributed by atoms with E-state index in [4.69, 9.17) is 12.2 Å². The molecule has 2 aromatic carbocycles. The monoisotopic (exact) mass is 380 g/mol. The van der Waals surface area contributed by atoms with E-state index in [1.54, 1.807) is 12.1 Å². The number of nitrogens with one attached hydrogen (secondary N) is 2. The Bertz CT molecular complexity index is 703. The maximum Gasteiger partial charge on any atom is 0.171 e. The summed E-state index contributed by atoms with van der Waals surface area (Å²) in [6.07, 6.45) is 0. The van der Waals surface area contributed by atoms with Gasteiger partial charge in [-0.2, -0.15) is 0 Å². The quantitative estimate of drug-likeness (QED) is 0.710. The average molecular weight is 381 g/mol. The summed E-state index contributed by atoms with van der Waals surface area (Å²) in [6, 6.07) is 11.2. The van der Waals surface area contributed by atoms with E-state index < -0.39 is 0 Å². The minimum atomic E-state index is -0.349. The average Bonchev–Trinajstić information content (AvgIpc) is 2.41. The van der Waals surface area contributed by atoms with E-state index in [-0.39, 0.29) is 11.9 Å². The van der Waals surface area contributed by atoms with Gasteiger partial charge in [0, 0.05) is 4.47 Å². The summed E-state index contributed by atoms with van der Waals surface area (Å²) in [5, 5.41) is 6.48. The van der Waals surface area contributed by atoms with Gasteiger partial charge >= 0.3 is 0 Å². The molecule has 0 bridgehead atoms. The molecule has 1 atom stereocenters. The van der Waals surface area contributed by atoms with Crippen LogP contribution >= 0.6 is 28.1 Å². The highest BCUT2D eigenvalue weighted by Gasteiger charge is 2.11. The molecule has 0 spiro atoms. The lowest BCUT2D eigenvalue weighted by Gasteiger charge is -2.19. The Morgan fingerprint density at radius 3 is 2.55 bits per heavy atom. The Morgan fingerprint density at radius 1 is 1.18 bits per heavy atom. The molecular weight excluding hydrogens is 363 g/mol. The lowest BCUT2D eigenvalue weighted by molar-refractivity contribution is 0.630. The van der Waals surface area contributed by atoms with Crippen molar-refractivity contribution >= 4 is 38.9 Å². The van der Waals surface area contributed by atoms with Crippen LogP contribution < -0.4 is 10.6 Å². The molecule has 0 amide bonds. The number of anilines is 1. The van der Waals surface area contributed by atoms with Crippen LogP contribution in [0.15, 0.2) is 40.9 Å². The van der Waals surface area contributed by atoms with E-state index in [0.29, 0.717) is 15.3 Å². The van der Waals surface area contributed by atoms with Crippen LogP contribution in [-0.2, 0) is 0 Å². The molecule has 0 aliphatic rings. The molecule has 2 N–H and O–H groups in total. The molecule has 2 nitrogen and oxygen atoms in total. The molecule has 0 aliphatic carbocycles. The standard InChI is InChI=1S/C17H18BrFN2S/c1-10-4-6-14(11(2)8-10)12(3)20-17(22)21-16-7-5-13(18)9-15(16)19/h4-9,12H,1-3H3,(H2,20,21,22). The zero-order valence-corrected chi connectivity index (χ0v) is 15.1. The lowest BCUT2D eigenvalue weighted by atomic mass is 10.0. The fraction of sp³-hybridized carbons (Fsp3) is 0.235. The fourth-order valence-corrected chi connectivity index (χ4v) is 2.95. The summed E-state index contributed by atoms with van der Waals surface area (Å²) in [5.74, 6) is -0.349. The van der Waals surface area contributed by atoms with E-state index in [1.165, 1.54) is 22.8 Å². The first-order chi connectivity index (χ1) is 10.4. The van der Waals surface area contributed by atoms with Crippen LogP contribution in [0.1, 0.15) is 29.7 Å². The Hall–Kier alpha value is -1.46. The number of thiocarbonyl (C=S) groups is 1. The second kappa shape index (κ2) is 7.20. The van der Waals surface area contributed by atoms with Crippen molar-refractivity contribution in [2.24, 2.45) is 0 Å². The summed E-state index contributed by atoms with van der Waals surface area (Å²) < 4.78 is 14.5. The van der Waals surface area contributed by atoms with Gasteiger partial charge in [-0.3, -0.25) is 0 Å². The number of aryl methyl sites for hydroxylation is 2. The fourth-order valence-electron chi connectivity index (χ4n) is 2.34. The highest BCUT2D eigenvalue weighted by atomic mass is 79.9. The van der Waals surface area contributed by atoms with Crippen LogP contribution in [0.3, 0.4) is 0 Å². The summed E-state index contributed by atoms with van der Waals surface area (Å²) in [7, 11) is 0. The van der Waals surface area contributed by atoms with Crippen molar-refractivity contribution in [3.8, 4) is 0 Å². The zero-order valence-electron chi connectivity index (χ0n) is 12.7. The largest absolute Gasteiger partial charge is 0.356 e. The first-order valence-corrected chi connectivity index (χ1v) is 8.16. The van der Waals surface area contributed by atoms with Gasteiger partial charge in [0.05, 0.1) is 11.7 Å². The van der Waals surface area contributed by atoms with E-state index in [0.717, 1.165) is 0 Å². The van der Waals surface area contributed by atoms with Gasteiger partial charge in [-0.1, -0.05) is 39.7 Å². The molecule has 2 rings (SSSR count). The summed E-state index contributed by atoms with van der Waals surface area (Å²) in [6.45, 7) is 6.17. The molecule has 0 heterocycles. The normalized spacial score (nSPS) is 11.9. The predicted octanol–water partition coefficient (Wildman–Crippen LogP) is 5.25. The van der Waals surface area contributed by atoms with Crippen LogP contribution in [0, 0.1) is 19.7 Å². The summed E-state index contributed by atoms with van der Waals surface area (Å²) in [4.78, 5) is 0. The number of rotatable bonds is 3. The van der Waals surface area contributed by atoms with Crippen LogP contribution in [-0.4, -0.2) is 5.11 Å². The molecule has 22 heavy (non-hydrogen) atoms. The van der Waals surface area contributed by atoms with Gasteiger partial charge in [0.2, 0.25) is 0 Å². The zero-order chi connectivity index (χ0) is 16.3. The molecule has 2 aromatic rings. The van der Waals surface area contributed by atoms with Gasteiger partial charge in [-0.15, -0.1) is 0 Å². The predicted molar refractivity (Wildman–Crippen MR) is 97.8 cm³/mol. The van der Waals surface area contributed by atoms with Crippen LogP contribution in [0.25, 0.3) is 0 Å². The molecule has 0 saturated heterocycles. The third-order valence-corrected chi connectivity index (χ3v) is 4.13. The molecule has 0 saturated carbocycles. The first-order valence-electron chi connectivity index (χ1n) is 6.96. The van der Waals surface area contributed by atoms with Gasteiger partial charge in [-0.05, 0) is 62.3 Å². The summed E-state index contributed by atoms with van der Waals surface area (Å²) >= 11 is 8.50. The third-order valence-electron chi connectivity index (χ3n) is 3.42. The maximum atomic E-state index is 13.8. The molecule has 5 heteroatoms. The topological polar surface area (TPSA) is 24.1 Å². The Kier molecular flexibility index (Phi) is 5.53. The molecule has 0 radical (unpaired) electrons. The Morgan fingerprint density at radius 2 is 1.91 bits per heavy atom. The van der Waals surface area contributed by atoms with Crippen LogP contribution in [0.5, 0.6) is 0 Å². The number of halogens is 2. The molecule has 116 valence electrons. The van der Waals surface area contributed by atoms with Crippen molar-refractivity contribution in [1.29, 1.82) is 0 Å². The number of hydrogen-bond donors (Lipinski definition) is 2. The lowest BCUT2D eigenvalue weighted by Crippen LogP contribution is -2.31. The molecular formula is C17H18BrFN2S. The van der Waals surface area contributed by atoms with Gasteiger partial charge in [0.1, 0.15) is 5.82 Å². The van der Waals surface area contributed by atoms with Gasteiger partial charge in [0.15, 0.2) is 5.11 Å². The number of benzene rings is 2. The molecule has 1 unspecified atom stereocenters. The number of hydrogen-bond acceptors (Lipinski definition) is 1. The van der Waals surface area contributed by atoms with E-state index >= 15 is 0 Å². The van der Waals surface area contributed by atoms with Gasteiger partial charge < -0.3 is 10.6 Å². The van der Waals surface area contributed by atoms with E-state index in [9.17, 15) is 4.39 Å². The van der Waals surface area contributed by atoms with Crippen molar-refractivity contribution in [1.82, 2.24) is 5.32 Å². The molecule has 0 aliphatic heterocycles. The Labute approximate surface area is 144 Å². The van der Waals surface area contributed by atoms with E-state index in [2.05, 4.69) is 58.6 Å². The van der Waals surface area contributed by atoms with Gasteiger partial charge in [0.25, 0.3) is 0 Å². The van der Waals surface area contributed by atoms with Crippen molar-refractivity contribution < 1.29 is 4.39 Å². The van der Waals surface area contributed by atoms with Crippen molar-refractivity contribution in [3.05, 3.63) is 63.4 Å². The molecule has 0 fully saturated rings. The SMILES string of the molecule is Cc1ccc(C(C)NC(=S)Nc2ccc(Br)cc2F)c(C)c1. The van der Waals surface area contributed by atoms with Crippen molar-refractivity contribution in [2.45, 2.75) is 26.8 Å².